The van der Waals surface area contributed by atoms with Crippen LogP contribution in [0.1, 0.15) is 48.5 Å². The number of alkyl halides is 1. The molecule has 9 heteroatoms. The Labute approximate surface area is 162 Å². The average Bonchev–Trinajstić information content (AvgIpc) is 2.62. The van der Waals surface area contributed by atoms with Crippen molar-refractivity contribution >= 4 is 19.4 Å². The molecule has 1 aliphatic heterocycles. The van der Waals surface area contributed by atoms with E-state index in [-0.39, 0.29) is 25.2 Å². The van der Waals surface area contributed by atoms with E-state index in [2.05, 4.69) is 9.98 Å². The van der Waals surface area contributed by atoms with Crippen LogP contribution in [0.15, 0.2) is 9.98 Å². The topological polar surface area (TPSA) is 78.7 Å². The van der Waals surface area contributed by atoms with E-state index in [0.717, 1.165) is 0 Å². The van der Waals surface area contributed by atoms with E-state index in [1.165, 1.54) is 0 Å². The van der Waals surface area contributed by atoms with Crippen LogP contribution in [0.5, 0.6) is 0 Å². The zero-order valence-corrected chi connectivity index (χ0v) is 18.4. The van der Waals surface area contributed by atoms with Gasteiger partial charge in [0.25, 0.3) is 0 Å². The smallest absolute Gasteiger partial charge is 0.364 e. The van der Waals surface area contributed by atoms with Gasteiger partial charge in [-0.05, 0) is 33.6 Å². The molecule has 1 rings (SSSR count). The number of nitrogens with zero attached hydrogens (tertiary/aromatic N) is 2. The normalized spacial score (nSPS) is 22.9. The van der Waals surface area contributed by atoms with Crippen molar-refractivity contribution in [1.29, 1.82) is 0 Å². The van der Waals surface area contributed by atoms with Gasteiger partial charge in [-0.15, -0.1) is 0 Å². The molecule has 0 unspecified atom stereocenters. The van der Waals surface area contributed by atoms with Crippen molar-refractivity contribution in [2.24, 2.45) is 21.8 Å². The van der Waals surface area contributed by atoms with Crippen molar-refractivity contribution in [2.75, 3.05) is 26.4 Å². The number of halogens is 1. The summed E-state index contributed by atoms with van der Waals surface area (Å²) < 4.78 is 49.8. The Kier molecular flexibility index (Phi) is 9.91. The SMILES string of the molecule is CCOC1=N[C@H](C(C)C)C(OCC)=N[C@H]1[C@@H](C)[C@H](F)P(=O)(OCC)OCC. The highest BCUT2D eigenvalue weighted by molar-refractivity contribution is 7.54. The summed E-state index contributed by atoms with van der Waals surface area (Å²) in [6.07, 6.45) is 0. The molecule has 7 nitrogen and oxygen atoms in total. The minimum atomic E-state index is -3.94. The van der Waals surface area contributed by atoms with Crippen LogP contribution >= 0.6 is 7.60 Å². The summed E-state index contributed by atoms with van der Waals surface area (Å²) in [4.78, 5) is 9.23. The van der Waals surface area contributed by atoms with Gasteiger partial charge in [0.1, 0.15) is 12.1 Å². The van der Waals surface area contributed by atoms with E-state index in [9.17, 15) is 4.57 Å². The van der Waals surface area contributed by atoms with Gasteiger partial charge in [0.2, 0.25) is 17.7 Å². The predicted molar refractivity (Wildman–Crippen MR) is 105 cm³/mol. The second-order valence-electron chi connectivity index (χ2n) is 6.54. The summed E-state index contributed by atoms with van der Waals surface area (Å²) in [5, 5.41) is 0. The molecule has 0 amide bonds. The molecule has 0 radical (unpaired) electrons. The van der Waals surface area contributed by atoms with Crippen molar-refractivity contribution in [1.82, 2.24) is 0 Å². The summed E-state index contributed by atoms with van der Waals surface area (Å²) in [6, 6.07) is -1.05. The van der Waals surface area contributed by atoms with Gasteiger partial charge in [0.05, 0.1) is 26.4 Å². The van der Waals surface area contributed by atoms with Crippen LogP contribution in [0.25, 0.3) is 0 Å². The first-order valence-electron chi connectivity index (χ1n) is 9.69. The number of hydrogen-bond acceptors (Lipinski definition) is 7. The van der Waals surface area contributed by atoms with Gasteiger partial charge in [0.15, 0.2) is 0 Å². The average molecular weight is 408 g/mol. The second kappa shape index (κ2) is 11.1. The molecular weight excluding hydrogens is 374 g/mol. The van der Waals surface area contributed by atoms with Crippen molar-refractivity contribution in [3.05, 3.63) is 0 Å². The first-order chi connectivity index (χ1) is 12.7. The molecule has 0 fully saturated rings. The number of rotatable bonds is 10. The third kappa shape index (κ3) is 6.00. The van der Waals surface area contributed by atoms with E-state index in [1.54, 1.807) is 20.8 Å². The van der Waals surface area contributed by atoms with Crippen LogP contribution in [-0.4, -0.2) is 56.2 Å². The molecule has 0 aromatic heterocycles. The molecule has 0 bridgehead atoms. The number of ether oxygens (including phenoxy) is 2. The summed E-state index contributed by atoms with van der Waals surface area (Å²) >= 11 is 0. The molecular formula is C18H34FN2O5P. The zero-order valence-electron chi connectivity index (χ0n) is 17.5. The van der Waals surface area contributed by atoms with Crippen LogP contribution in [0, 0.1) is 11.8 Å². The van der Waals surface area contributed by atoms with Crippen LogP contribution in [0.2, 0.25) is 0 Å². The molecule has 158 valence electrons. The summed E-state index contributed by atoms with van der Waals surface area (Å²) in [5.41, 5.74) is 0. The molecule has 0 saturated carbocycles. The molecule has 4 atom stereocenters. The maximum absolute atomic E-state index is 15.3. The molecule has 1 aliphatic rings. The fourth-order valence-electron chi connectivity index (χ4n) is 2.83. The Morgan fingerprint density at radius 1 is 0.889 bits per heavy atom. The first kappa shape index (κ1) is 24.1. The molecule has 0 aromatic rings. The summed E-state index contributed by atoms with van der Waals surface area (Å²) in [7, 11) is -3.94. The van der Waals surface area contributed by atoms with Gasteiger partial charge in [0, 0.05) is 5.92 Å². The Balaban J connectivity index is 3.24. The molecule has 0 aromatic carbocycles. The number of aliphatic imine (C=N–C) groups is 2. The lowest BCUT2D eigenvalue weighted by molar-refractivity contribution is 0.164. The highest BCUT2D eigenvalue weighted by atomic mass is 31.2. The third-order valence-corrected chi connectivity index (χ3v) is 6.42. The number of hydrogen-bond donors (Lipinski definition) is 0. The van der Waals surface area contributed by atoms with Crippen LogP contribution in [-0.2, 0) is 23.1 Å². The van der Waals surface area contributed by atoms with Gasteiger partial charge in [-0.2, -0.15) is 0 Å². The van der Waals surface area contributed by atoms with Crippen LogP contribution in [0.3, 0.4) is 0 Å². The van der Waals surface area contributed by atoms with E-state index in [0.29, 0.717) is 25.0 Å². The molecule has 0 spiro atoms. The van der Waals surface area contributed by atoms with E-state index in [1.807, 2.05) is 27.7 Å². The molecule has 0 aliphatic carbocycles. The second-order valence-corrected chi connectivity index (χ2v) is 8.63. The van der Waals surface area contributed by atoms with E-state index >= 15 is 4.39 Å². The third-order valence-electron chi connectivity index (χ3n) is 4.11. The molecule has 0 saturated heterocycles. The Morgan fingerprint density at radius 2 is 1.33 bits per heavy atom. The van der Waals surface area contributed by atoms with Gasteiger partial charge in [-0.1, -0.05) is 20.8 Å². The Morgan fingerprint density at radius 3 is 1.74 bits per heavy atom. The lowest BCUT2D eigenvalue weighted by atomic mass is 9.98. The zero-order chi connectivity index (χ0) is 20.6. The largest absolute Gasteiger partial charge is 0.480 e. The quantitative estimate of drug-likeness (QED) is 0.499. The van der Waals surface area contributed by atoms with Gasteiger partial charge in [-0.3, -0.25) is 4.57 Å². The fourth-order valence-corrected chi connectivity index (χ4v) is 4.65. The van der Waals surface area contributed by atoms with Crippen LogP contribution in [0.4, 0.5) is 4.39 Å². The van der Waals surface area contributed by atoms with Gasteiger partial charge in [-0.25, -0.2) is 14.4 Å². The summed E-state index contributed by atoms with van der Waals surface area (Å²) in [5.74, 6) is -1.78. The minimum absolute atomic E-state index is 0.0877. The fraction of sp³-hybridized carbons (Fsp3) is 0.889. The van der Waals surface area contributed by atoms with Crippen LogP contribution < -0.4 is 0 Å². The molecule has 0 N–H and O–H groups in total. The highest BCUT2D eigenvalue weighted by Gasteiger charge is 2.46. The van der Waals surface area contributed by atoms with Crippen molar-refractivity contribution < 1.29 is 27.5 Å². The van der Waals surface area contributed by atoms with E-state index < -0.39 is 25.5 Å². The van der Waals surface area contributed by atoms with Crippen molar-refractivity contribution in [3.8, 4) is 0 Å². The van der Waals surface area contributed by atoms with Crippen molar-refractivity contribution in [3.63, 3.8) is 0 Å². The molecule has 27 heavy (non-hydrogen) atoms. The lowest BCUT2D eigenvalue weighted by Gasteiger charge is -2.33. The Bertz CT molecular complexity index is 560. The first-order valence-corrected chi connectivity index (χ1v) is 11.3. The van der Waals surface area contributed by atoms with Crippen molar-refractivity contribution in [2.45, 2.75) is 66.5 Å². The van der Waals surface area contributed by atoms with Gasteiger partial charge >= 0.3 is 7.60 Å². The maximum atomic E-state index is 15.3. The Hall–Kier alpha value is -0.980. The highest BCUT2D eigenvalue weighted by Crippen LogP contribution is 2.57. The minimum Gasteiger partial charge on any atom is -0.480 e. The maximum Gasteiger partial charge on any atom is 0.364 e. The summed E-state index contributed by atoms with van der Waals surface area (Å²) in [6.45, 7) is 13.6. The predicted octanol–water partition coefficient (Wildman–Crippen LogP) is 4.46. The van der Waals surface area contributed by atoms with E-state index in [4.69, 9.17) is 18.5 Å². The molecule has 1 heterocycles. The monoisotopic (exact) mass is 408 g/mol. The van der Waals surface area contributed by atoms with Gasteiger partial charge < -0.3 is 18.5 Å². The standard InChI is InChI=1S/C18H34FN2O5P/c1-8-23-17-14(12(5)6)20-18(24-9-2)15(21-17)13(7)16(19)27(22,25-10-3)26-11-4/h12-16H,8-11H2,1-7H3/t13-,14-,15+,16-/m1/s1. The lowest BCUT2D eigenvalue weighted by Crippen LogP contribution is -2.43.